The predicted octanol–water partition coefficient (Wildman–Crippen LogP) is 7.28. The van der Waals surface area contributed by atoms with Crippen LogP contribution >= 0.6 is 0 Å². The van der Waals surface area contributed by atoms with Gasteiger partial charge < -0.3 is 4.90 Å². The van der Waals surface area contributed by atoms with E-state index in [0.29, 0.717) is 0 Å². The summed E-state index contributed by atoms with van der Waals surface area (Å²) in [5.74, 6) is 0. The number of hydrogen-bond acceptors (Lipinski definition) is 3. The largest absolute Gasteiger partial charge is 0.309 e. The Kier molecular flexibility index (Phi) is 5.48. The van der Waals surface area contributed by atoms with Gasteiger partial charge in [-0.05, 0) is 48.5 Å². The second-order valence-electron chi connectivity index (χ2n) is 6.39. The van der Waals surface area contributed by atoms with Gasteiger partial charge in [-0.15, -0.1) is 0 Å². The standard InChI is InChI=1S/C24H17N3.C2H6/c1-2-8-19(9-3-1)27(23-12-4-7-18-17-25-16-14-20(18)23)24-13-5-11-22-21(24)10-6-15-26-22;1-2/h1-17H;1-2H3. The van der Waals surface area contributed by atoms with Gasteiger partial charge in [0.05, 0.1) is 16.9 Å². The molecule has 3 heteroatoms. The Morgan fingerprint density at radius 3 is 2.21 bits per heavy atom. The van der Waals surface area contributed by atoms with Crippen LogP contribution in [0.4, 0.5) is 17.1 Å². The summed E-state index contributed by atoms with van der Waals surface area (Å²) in [6.45, 7) is 4.00. The van der Waals surface area contributed by atoms with E-state index in [1.54, 1.807) is 0 Å². The second-order valence-corrected chi connectivity index (χ2v) is 6.39. The summed E-state index contributed by atoms with van der Waals surface area (Å²) in [7, 11) is 0. The molecular formula is C26H23N3. The summed E-state index contributed by atoms with van der Waals surface area (Å²) in [5, 5.41) is 3.40. The molecule has 3 aromatic carbocycles. The molecule has 0 unspecified atom stereocenters. The van der Waals surface area contributed by atoms with Crippen molar-refractivity contribution in [2.45, 2.75) is 13.8 Å². The summed E-state index contributed by atoms with van der Waals surface area (Å²) in [4.78, 5) is 11.1. The van der Waals surface area contributed by atoms with Crippen molar-refractivity contribution >= 4 is 38.7 Å². The Morgan fingerprint density at radius 2 is 1.38 bits per heavy atom. The van der Waals surface area contributed by atoms with Crippen LogP contribution in [0.2, 0.25) is 0 Å². The average molecular weight is 377 g/mol. The zero-order valence-electron chi connectivity index (χ0n) is 16.7. The monoisotopic (exact) mass is 377 g/mol. The molecular weight excluding hydrogens is 354 g/mol. The van der Waals surface area contributed by atoms with Crippen molar-refractivity contribution in [1.82, 2.24) is 9.97 Å². The number of aromatic nitrogens is 2. The van der Waals surface area contributed by atoms with Crippen LogP contribution in [0, 0.1) is 0 Å². The Bertz CT molecular complexity index is 1140. The van der Waals surface area contributed by atoms with Crippen molar-refractivity contribution < 1.29 is 0 Å². The van der Waals surface area contributed by atoms with Crippen LogP contribution in [0.1, 0.15) is 13.8 Å². The van der Waals surface area contributed by atoms with Gasteiger partial charge in [-0.2, -0.15) is 0 Å². The molecule has 0 atom stereocenters. The van der Waals surface area contributed by atoms with E-state index in [0.717, 1.165) is 38.7 Å². The van der Waals surface area contributed by atoms with Gasteiger partial charge in [0, 0.05) is 40.4 Å². The molecule has 0 saturated carbocycles. The van der Waals surface area contributed by atoms with E-state index in [1.807, 2.05) is 44.6 Å². The summed E-state index contributed by atoms with van der Waals surface area (Å²) < 4.78 is 0. The first-order valence-electron chi connectivity index (χ1n) is 9.93. The normalized spacial score (nSPS) is 10.4. The van der Waals surface area contributed by atoms with E-state index < -0.39 is 0 Å². The minimum absolute atomic E-state index is 0.984. The van der Waals surface area contributed by atoms with Gasteiger partial charge in [-0.3, -0.25) is 9.97 Å². The van der Waals surface area contributed by atoms with Crippen molar-refractivity contribution in [3.05, 3.63) is 104 Å². The number of anilines is 3. The maximum absolute atomic E-state index is 4.54. The van der Waals surface area contributed by atoms with Gasteiger partial charge >= 0.3 is 0 Å². The van der Waals surface area contributed by atoms with E-state index in [2.05, 4.69) is 87.7 Å². The zero-order chi connectivity index (χ0) is 20.1. The lowest BCUT2D eigenvalue weighted by Crippen LogP contribution is -2.11. The molecule has 0 aliphatic heterocycles. The molecule has 0 aliphatic carbocycles. The van der Waals surface area contributed by atoms with Crippen LogP contribution in [0.5, 0.6) is 0 Å². The molecule has 0 fully saturated rings. The highest BCUT2D eigenvalue weighted by atomic mass is 15.1. The molecule has 2 aromatic heterocycles. The van der Waals surface area contributed by atoms with Crippen LogP contribution in [0.3, 0.4) is 0 Å². The van der Waals surface area contributed by atoms with Crippen molar-refractivity contribution in [2.75, 3.05) is 4.90 Å². The van der Waals surface area contributed by atoms with Gasteiger partial charge in [-0.25, -0.2) is 0 Å². The Labute approximate surface area is 171 Å². The van der Waals surface area contributed by atoms with Crippen molar-refractivity contribution in [3.63, 3.8) is 0 Å². The van der Waals surface area contributed by atoms with Crippen molar-refractivity contribution in [3.8, 4) is 0 Å². The predicted molar refractivity (Wildman–Crippen MR) is 123 cm³/mol. The van der Waals surface area contributed by atoms with E-state index in [1.165, 1.54) is 0 Å². The van der Waals surface area contributed by atoms with Crippen LogP contribution in [0.15, 0.2) is 104 Å². The van der Waals surface area contributed by atoms with E-state index in [9.17, 15) is 0 Å². The SMILES string of the molecule is CC.c1ccc(N(c2cccc3cnccc23)c2cccc3ncccc23)cc1. The van der Waals surface area contributed by atoms with Crippen LogP contribution in [-0.2, 0) is 0 Å². The summed E-state index contributed by atoms with van der Waals surface area (Å²) >= 11 is 0. The maximum Gasteiger partial charge on any atom is 0.0723 e. The van der Waals surface area contributed by atoms with E-state index >= 15 is 0 Å². The Morgan fingerprint density at radius 1 is 0.621 bits per heavy atom. The Balaban J connectivity index is 0.000000994. The molecule has 0 radical (unpaired) electrons. The molecule has 0 bridgehead atoms. The molecule has 5 aromatic rings. The molecule has 0 N–H and O–H groups in total. The summed E-state index contributed by atoms with van der Waals surface area (Å²) in [6.07, 6.45) is 5.59. The fourth-order valence-corrected chi connectivity index (χ4v) is 3.57. The number of hydrogen-bond donors (Lipinski definition) is 0. The quantitative estimate of drug-likeness (QED) is 0.331. The maximum atomic E-state index is 4.54. The van der Waals surface area contributed by atoms with Crippen LogP contribution in [0.25, 0.3) is 21.7 Å². The summed E-state index contributed by atoms with van der Waals surface area (Å²) in [5.41, 5.74) is 4.32. The molecule has 2 heterocycles. The molecule has 3 nitrogen and oxygen atoms in total. The molecule has 29 heavy (non-hydrogen) atoms. The Hall–Kier alpha value is -3.72. The molecule has 0 spiro atoms. The number of nitrogens with zero attached hydrogens (tertiary/aromatic N) is 3. The average Bonchev–Trinajstić information content (AvgIpc) is 2.82. The highest BCUT2D eigenvalue weighted by Crippen LogP contribution is 2.41. The van der Waals surface area contributed by atoms with Crippen LogP contribution in [-0.4, -0.2) is 9.97 Å². The van der Waals surface area contributed by atoms with Gasteiger partial charge in [-0.1, -0.05) is 50.2 Å². The fourth-order valence-electron chi connectivity index (χ4n) is 3.57. The minimum atomic E-state index is 0.984. The van der Waals surface area contributed by atoms with Crippen molar-refractivity contribution in [2.24, 2.45) is 0 Å². The summed E-state index contributed by atoms with van der Waals surface area (Å²) in [6, 6.07) is 29.2. The zero-order valence-corrected chi connectivity index (χ0v) is 16.7. The number of benzene rings is 3. The lowest BCUT2D eigenvalue weighted by Gasteiger charge is -2.27. The van der Waals surface area contributed by atoms with Gasteiger partial charge in [0.2, 0.25) is 0 Å². The topological polar surface area (TPSA) is 29.0 Å². The highest BCUT2D eigenvalue weighted by molar-refractivity contribution is 6.03. The van der Waals surface area contributed by atoms with E-state index in [4.69, 9.17) is 0 Å². The number of fused-ring (bicyclic) bond motifs is 2. The lowest BCUT2D eigenvalue weighted by molar-refractivity contribution is 1.30. The smallest absolute Gasteiger partial charge is 0.0723 e. The second kappa shape index (κ2) is 8.53. The third kappa shape index (κ3) is 3.55. The number of para-hydroxylation sites is 1. The number of pyridine rings is 2. The lowest BCUT2D eigenvalue weighted by atomic mass is 10.1. The fraction of sp³-hybridized carbons (Fsp3) is 0.0769. The molecule has 142 valence electrons. The highest BCUT2D eigenvalue weighted by Gasteiger charge is 2.17. The molecule has 0 aliphatic rings. The first-order chi connectivity index (χ1) is 14.4. The minimum Gasteiger partial charge on any atom is -0.309 e. The molecule has 0 saturated heterocycles. The van der Waals surface area contributed by atoms with Gasteiger partial charge in [0.15, 0.2) is 0 Å². The van der Waals surface area contributed by atoms with Gasteiger partial charge in [0.25, 0.3) is 0 Å². The first kappa shape index (κ1) is 18.6. The van der Waals surface area contributed by atoms with Crippen molar-refractivity contribution in [1.29, 1.82) is 0 Å². The third-order valence-corrected chi connectivity index (χ3v) is 4.78. The number of rotatable bonds is 3. The van der Waals surface area contributed by atoms with E-state index in [-0.39, 0.29) is 0 Å². The molecule has 5 rings (SSSR count). The van der Waals surface area contributed by atoms with Gasteiger partial charge in [0.1, 0.15) is 0 Å². The third-order valence-electron chi connectivity index (χ3n) is 4.78. The molecule has 0 amide bonds. The van der Waals surface area contributed by atoms with Crippen LogP contribution < -0.4 is 4.90 Å². The first-order valence-corrected chi connectivity index (χ1v) is 9.93.